The number of para-hydroxylation sites is 2. The molecule has 1 atom stereocenters. The molecule has 1 aromatic rings. The zero-order valence-corrected chi connectivity index (χ0v) is 11.7. The molecule has 1 aliphatic rings. The summed E-state index contributed by atoms with van der Waals surface area (Å²) >= 11 is 0. The Kier molecular flexibility index (Phi) is 4.66. The van der Waals surface area contributed by atoms with Crippen molar-refractivity contribution in [3.05, 3.63) is 24.3 Å². The van der Waals surface area contributed by atoms with Gasteiger partial charge in [-0.2, -0.15) is 0 Å². The third-order valence-corrected chi connectivity index (χ3v) is 3.57. The van der Waals surface area contributed by atoms with Crippen LogP contribution >= 0.6 is 0 Å². The van der Waals surface area contributed by atoms with Crippen molar-refractivity contribution in [3.63, 3.8) is 0 Å². The zero-order valence-electron chi connectivity index (χ0n) is 11.7. The van der Waals surface area contributed by atoms with Gasteiger partial charge in [0.05, 0.1) is 18.5 Å². The van der Waals surface area contributed by atoms with Gasteiger partial charge in [-0.05, 0) is 31.4 Å². The molecule has 0 aromatic heterocycles. The third kappa shape index (κ3) is 3.19. The van der Waals surface area contributed by atoms with Gasteiger partial charge in [-0.15, -0.1) is 0 Å². The van der Waals surface area contributed by atoms with Crippen molar-refractivity contribution in [3.8, 4) is 0 Å². The maximum absolute atomic E-state index is 11.7. The van der Waals surface area contributed by atoms with Gasteiger partial charge in [-0.25, -0.2) is 4.79 Å². The van der Waals surface area contributed by atoms with Gasteiger partial charge in [0.2, 0.25) is 0 Å². The number of carbonyl (C=O) groups excluding carboxylic acids is 1. The summed E-state index contributed by atoms with van der Waals surface area (Å²) in [5, 5.41) is 3.31. The quantitative estimate of drug-likeness (QED) is 0.828. The molecule has 1 fully saturated rings. The van der Waals surface area contributed by atoms with E-state index in [-0.39, 0.29) is 12.0 Å². The number of hydrogen-bond acceptors (Lipinski definition) is 4. The molecule has 0 spiro atoms. The maximum Gasteiger partial charge on any atom is 0.328 e. The van der Waals surface area contributed by atoms with Crippen LogP contribution in [-0.4, -0.2) is 32.2 Å². The zero-order chi connectivity index (χ0) is 13.7. The molecule has 1 saturated heterocycles. The molecule has 19 heavy (non-hydrogen) atoms. The lowest BCUT2D eigenvalue weighted by atomic mass is 10.2. The van der Waals surface area contributed by atoms with Gasteiger partial charge in [0, 0.05) is 13.1 Å². The minimum absolute atomic E-state index is 0.210. The predicted octanol–water partition coefficient (Wildman–Crippen LogP) is 2.65. The topological polar surface area (TPSA) is 41.6 Å². The maximum atomic E-state index is 11.7. The summed E-state index contributed by atoms with van der Waals surface area (Å²) in [6, 6.07) is 7.88. The normalized spacial score (nSPS) is 16.2. The molecule has 1 N–H and O–H groups in total. The second kappa shape index (κ2) is 6.45. The van der Waals surface area contributed by atoms with Crippen LogP contribution in [0.2, 0.25) is 0 Å². The largest absolute Gasteiger partial charge is 0.467 e. The van der Waals surface area contributed by atoms with Crippen LogP contribution in [0.1, 0.15) is 26.2 Å². The number of esters is 1. The summed E-state index contributed by atoms with van der Waals surface area (Å²) in [6.45, 7) is 4.16. The Morgan fingerprint density at radius 1 is 1.37 bits per heavy atom. The molecule has 0 amide bonds. The first-order valence-electron chi connectivity index (χ1n) is 6.94. The summed E-state index contributed by atoms with van der Waals surface area (Å²) < 4.78 is 4.83. The summed E-state index contributed by atoms with van der Waals surface area (Å²) in [7, 11) is 1.43. The summed E-state index contributed by atoms with van der Waals surface area (Å²) in [5.74, 6) is -0.210. The molecule has 104 valence electrons. The molecule has 0 radical (unpaired) electrons. The minimum Gasteiger partial charge on any atom is -0.467 e. The van der Waals surface area contributed by atoms with Gasteiger partial charge in [0.1, 0.15) is 6.04 Å². The fourth-order valence-electron chi connectivity index (χ4n) is 2.49. The molecule has 1 unspecified atom stereocenters. The van der Waals surface area contributed by atoms with Crippen molar-refractivity contribution in [2.45, 2.75) is 32.2 Å². The molecular weight excluding hydrogens is 240 g/mol. The molecule has 1 aliphatic heterocycles. The molecule has 1 aromatic carbocycles. The monoisotopic (exact) mass is 262 g/mol. The van der Waals surface area contributed by atoms with E-state index >= 15 is 0 Å². The van der Waals surface area contributed by atoms with Crippen molar-refractivity contribution >= 4 is 17.3 Å². The molecular formula is C15H22N2O2. The smallest absolute Gasteiger partial charge is 0.328 e. The number of ether oxygens (including phenoxy) is 1. The molecule has 0 bridgehead atoms. The average Bonchev–Trinajstić information content (AvgIpc) is 2.98. The number of nitrogens with one attached hydrogen (secondary N) is 1. The van der Waals surface area contributed by atoms with E-state index in [0.29, 0.717) is 6.42 Å². The lowest BCUT2D eigenvalue weighted by molar-refractivity contribution is -0.141. The Labute approximate surface area is 114 Å². The van der Waals surface area contributed by atoms with E-state index in [0.717, 1.165) is 18.8 Å². The van der Waals surface area contributed by atoms with Gasteiger partial charge >= 0.3 is 5.97 Å². The Morgan fingerprint density at radius 2 is 2.05 bits per heavy atom. The van der Waals surface area contributed by atoms with E-state index < -0.39 is 0 Å². The Bertz CT molecular complexity index is 428. The third-order valence-electron chi connectivity index (χ3n) is 3.57. The van der Waals surface area contributed by atoms with E-state index in [2.05, 4.69) is 16.3 Å². The number of benzene rings is 1. The minimum atomic E-state index is -0.284. The van der Waals surface area contributed by atoms with E-state index in [1.165, 1.54) is 25.6 Å². The van der Waals surface area contributed by atoms with Crippen molar-refractivity contribution < 1.29 is 9.53 Å². The van der Waals surface area contributed by atoms with Gasteiger partial charge in [0.15, 0.2) is 0 Å². The summed E-state index contributed by atoms with van der Waals surface area (Å²) in [4.78, 5) is 14.0. The van der Waals surface area contributed by atoms with Crippen molar-refractivity contribution in [1.29, 1.82) is 0 Å². The van der Waals surface area contributed by atoms with Gasteiger partial charge in [-0.1, -0.05) is 19.1 Å². The van der Waals surface area contributed by atoms with E-state index in [1.54, 1.807) is 0 Å². The van der Waals surface area contributed by atoms with Crippen molar-refractivity contribution in [2.24, 2.45) is 0 Å². The van der Waals surface area contributed by atoms with Crippen LogP contribution < -0.4 is 10.2 Å². The first-order valence-corrected chi connectivity index (χ1v) is 6.94. The van der Waals surface area contributed by atoms with Crippen LogP contribution in [0, 0.1) is 0 Å². The first-order chi connectivity index (χ1) is 9.26. The Balaban J connectivity index is 2.17. The van der Waals surface area contributed by atoms with Crippen molar-refractivity contribution in [2.75, 3.05) is 30.4 Å². The van der Waals surface area contributed by atoms with E-state index in [1.807, 2.05) is 25.1 Å². The summed E-state index contributed by atoms with van der Waals surface area (Å²) in [6.07, 6.45) is 3.19. The average molecular weight is 262 g/mol. The number of hydrogen-bond donors (Lipinski definition) is 1. The number of nitrogens with zero attached hydrogens (tertiary/aromatic N) is 1. The van der Waals surface area contributed by atoms with Gasteiger partial charge < -0.3 is 15.0 Å². The van der Waals surface area contributed by atoms with Crippen LogP contribution in [0.15, 0.2) is 24.3 Å². The molecule has 4 heteroatoms. The second-order valence-corrected chi connectivity index (χ2v) is 4.84. The highest BCUT2D eigenvalue weighted by Gasteiger charge is 2.20. The number of carbonyl (C=O) groups is 1. The first kappa shape index (κ1) is 13.7. The number of anilines is 2. The molecule has 4 nitrogen and oxygen atoms in total. The molecule has 1 heterocycles. The number of methoxy groups -OCH3 is 1. The fourth-order valence-corrected chi connectivity index (χ4v) is 2.49. The SMILES string of the molecule is CCC(Nc1ccccc1N1CCCC1)C(=O)OC. The highest BCUT2D eigenvalue weighted by atomic mass is 16.5. The fraction of sp³-hybridized carbons (Fsp3) is 0.533. The highest BCUT2D eigenvalue weighted by molar-refractivity contribution is 5.82. The molecule has 0 aliphatic carbocycles. The highest BCUT2D eigenvalue weighted by Crippen LogP contribution is 2.29. The predicted molar refractivity (Wildman–Crippen MR) is 77.6 cm³/mol. The lowest BCUT2D eigenvalue weighted by Gasteiger charge is -2.24. The van der Waals surface area contributed by atoms with Gasteiger partial charge in [0.25, 0.3) is 0 Å². The van der Waals surface area contributed by atoms with Crippen molar-refractivity contribution in [1.82, 2.24) is 0 Å². The standard InChI is InChI=1S/C15H22N2O2/c1-3-12(15(18)19-2)16-13-8-4-5-9-14(13)17-10-6-7-11-17/h4-5,8-9,12,16H,3,6-7,10-11H2,1-2H3. The van der Waals surface area contributed by atoms with Crippen LogP contribution in [0.3, 0.4) is 0 Å². The van der Waals surface area contributed by atoms with Crippen LogP contribution in [-0.2, 0) is 9.53 Å². The summed E-state index contributed by atoms with van der Waals surface area (Å²) in [5.41, 5.74) is 2.20. The Hall–Kier alpha value is -1.71. The van der Waals surface area contributed by atoms with Gasteiger partial charge in [-0.3, -0.25) is 0 Å². The van der Waals surface area contributed by atoms with Crippen LogP contribution in [0.25, 0.3) is 0 Å². The second-order valence-electron chi connectivity index (χ2n) is 4.84. The lowest BCUT2D eigenvalue weighted by Crippen LogP contribution is -2.31. The van der Waals surface area contributed by atoms with Crippen LogP contribution in [0.4, 0.5) is 11.4 Å². The van der Waals surface area contributed by atoms with E-state index in [4.69, 9.17) is 4.74 Å². The van der Waals surface area contributed by atoms with Crippen LogP contribution in [0.5, 0.6) is 0 Å². The molecule has 2 rings (SSSR count). The van der Waals surface area contributed by atoms with E-state index in [9.17, 15) is 4.79 Å². The number of rotatable bonds is 5. The molecule has 0 saturated carbocycles. The Morgan fingerprint density at radius 3 is 2.68 bits per heavy atom.